The fourth-order valence-corrected chi connectivity index (χ4v) is 4.87. The maximum atomic E-state index is 14.6. The molecule has 1 saturated heterocycles. The van der Waals surface area contributed by atoms with Crippen molar-refractivity contribution < 1.29 is 17.6 Å². The Morgan fingerprint density at radius 2 is 1.86 bits per heavy atom. The van der Waals surface area contributed by atoms with E-state index in [9.17, 15) is 17.6 Å². The number of hydrogen-bond donors (Lipinski definition) is 2. The van der Waals surface area contributed by atoms with E-state index in [1.165, 1.54) is 18.2 Å². The second-order valence-electron chi connectivity index (χ2n) is 7.65. The molecule has 4 rings (SSSR count). The zero-order valence-electron chi connectivity index (χ0n) is 16.2. The third-order valence-corrected chi connectivity index (χ3v) is 6.86. The van der Waals surface area contributed by atoms with Gasteiger partial charge in [-0.25, -0.2) is 17.5 Å². The molecule has 2 aromatic carbocycles. The highest BCUT2D eigenvalue weighted by Crippen LogP contribution is 2.32. The van der Waals surface area contributed by atoms with E-state index >= 15 is 0 Å². The summed E-state index contributed by atoms with van der Waals surface area (Å²) in [6.45, 7) is 3.35. The zero-order valence-corrected chi connectivity index (χ0v) is 17.1. The summed E-state index contributed by atoms with van der Waals surface area (Å²) in [6.07, 6.45) is 3.70. The van der Waals surface area contributed by atoms with Crippen LogP contribution in [0, 0.1) is 12.7 Å². The maximum absolute atomic E-state index is 14.6. The summed E-state index contributed by atoms with van der Waals surface area (Å²) in [5, 5.41) is 2.67. The molecule has 0 unspecified atom stereocenters. The van der Waals surface area contributed by atoms with Gasteiger partial charge in [-0.15, -0.1) is 0 Å². The number of aryl methyl sites for hydroxylation is 1. The third-order valence-electron chi connectivity index (χ3n) is 5.34. The minimum Gasteiger partial charge on any atom is -0.370 e. The number of carbonyl (C=O) groups excluding carboxylic acids is 1. The van der Waals surface area contributed by atoms with Crippen molar-refractivity contribution in [1.29, 1.82) is 0 Å². The van der Waals surface area contributed by atoms with Gasteiger partial charge in [0.15, 0.2) is 0 Å². The number of para-hydroxylation sites is 1. The monoisotopic (exact) mass is 417 g/mol. The van der Waals surface area contributed by atoms with Gasteiger partial charge in [0.1, 0.15) is 11.5 Å². The van der Waals surface area contributed by atoms with Crippen molar-refractivity contribution in [1.82, 2.24) is 4.72 Å². The van der Waals surface area contributed by atoms with Gasteiger partial charge in [0.05, 0.1) is 10.6 Å². The number of anilines is 2. The molecule has 29 heavy (non-hydrogen) atoms. The Morgan fingerprint density at radius 3 is 2.55 bits per heavy atom. The largest absolute Gasteiger partial charge is 0.370 e. The fourth-order valence-electron chi connectivity index (χ4n) is 3.54. The van der Waals surface area contributed by atoms with Crippen molar-refractivity contribution >= 4 is 27.3 Å². The predicted octanol–water partition coefficient (Wildman–Crippen LogP) is 3.43. The first-order chi connectivity index (χ1) is 13.8. The maximum Gasteiger partial charge on any atom is 0.256 e. The summed E-state index contributed by atoms with van der Waals surface area (Å²) in [4.78, 5) is 15.0. The molecule has 2 N–H and O–H groups in total. The molecule has 0 radical (unpaired) electrons. The molecule has 1 saturated carbocycles. The first kappa shape index (κ1) is 19.8. The van der Waals surface area contributed by atoms with E-state index in [0.29, 0.717) is 11.3 Å². The van der Waals surface area contributed by atoms with Crippen LogP contribution in [0.15, 0.2) is 41.3 Å². The quantitative estimate of drug-likeness (QED) is 0.755. The predicted molar refractivity (Wildman–Crippen MR) is 110 cm³/mol. The Bertz CT molecular complexity index is 1050. The number of benzene rings is 2. The number of carbonyl (C=O) groups is 1. The number of nitrogens with one attached hydrogen (secondary N) is 2. The molecule has 1 heterocycles. The van der Waals surface area contributed by atoms with Crippen molar-refractivity contribution in [3.05, 3.63) is 53.3 Å². The molecular formula is C21H24FN3O3S. The van der Waals surface area contributed by atoms with Crippen molar-refractivity contribution in [3.63, 3.8) is 0 Å². The van der Waals surface area contributed by atoms with E-state index < -0.39 is 21.7 Å². The highest BCUT2D eigenvalue weighted by Gasteiger charge is 2.29. The number of sulfonamides is 1. The van der Waals surface area contributed by atoms with E-state index in [1.54, 1.807) is 25.1 Å². The van der Waals surface area contributed by atoms with Crippen LogP contribution in [0.3, 0.4) is 0 Å². The molecule has 0 spiro atoms. The Hall–Kier alpha value is -2.45. The van der Waals surface area contributed by atoms with Crippen LogP contribution >= 0.6 is 0 Å². The van der Waals surface area contributed by atoms with Gasteiger partial charge in [-0.3, -0.25) is 4.79 Å². The number of rotatable bonds is 6. The van der Waals surface area contributed by atoms with Gasteiger partial charge < -0.3 is 10.2 Å². The molecule has 1 amide bonds. The summed E-state index contributed by atoms with van der Waals surface area (Å²) >= 11 is 0. The first-order valence-corrected chi connectivity index (χ1v) is 11.3. The second-order valence-corrected chi connectivity index (χ2v) is 9.37. The van der Waals surface area contributed by atoms with Crippen LogP contribution in [0.2, 0.25) is 0 Å². The summed E-state index contributed by atoms with van der Waals surface area (Å²) in [5.74, 6) is -1.05. The summed E-state index contributed by atoms with van der Waals surface area (Å²) in [5.41, 5.74) is 1.60. The van der Waals surface area contributed by atoms with Crippen LogP contribution in [0.25, 0.3) is 0 Å². The summed E-state index contributed by atoms with van der Waals surface area (Å²) in [7, 11) is -3.68. The molecule has 2 aromatic rings. The van der Waals surface area contributed by atoms with Crippen molar-refractivity contribution in [2.45, 2.75) is 43.5 Å². The Balaban J connectivity index is 1.63. The molecule has 2 aliphatic rings. The van der Waals surface area contributed by atoms with Gasteiger partial charge in [0.25, 0.3) is 5.91 Å². The highest BCUT2D eigenvalue weighted by atomic mass is 32.2. The van der Waals surface area contributed by atoms with E-state index in [0.717, 1.165) is 38.8 Å². The lowest BCUT2D eigenvalue weighted by Crippen LogP contribution is -2.26. The van der Waals surface area contributed by atoms with Crippen molar-refractivity contribution in [2.75, 3.05) is 23.3 Å². The molecular weight excluding hydrogens is 393 g/mol. The van der Waals surface area contributed by atoms with Crippen molar-refractivity contribution in [3.8, 4) is 0 Å². The first-order valence-electron chi connectivity index (χ1n) is 9.83. The van der Waals surface area contributed by atoms with Gasteiger partial charge in [0.2, 0.25) is 10.0 Å². The number of nitrogens with zero attached hydrogens (tertiary/aromatic N) is 1. The normalized spacial score (nSPS) is 16.8. The van der Waals surface area contributed by atoms with Gasteiger partial charge >= 0.3 is 0 Å². The lowest BCUT2D eigenvalue weighted by Gasteiger charge is -2.22. The third kappa shape index (κ3) is 4.28. The van der Waals surface area contributed by atoms with Gasteiger partial charge in [-0.2, -0.15) is 0 Å². The fraction of sp³-hybridized carbons (Fsp3) is 0.381. The summed E-state index contributed by atoms with van der Waals surface area (Å²) < 4.78 is 42.2. The van der Waals surface area contributed by atoms with E-state index in [4.69, 9.17) is 0 Å². The van der Waals surface area contributed by atoms with Crippen LogP contribution in [0.5, 0.6) is 0 Å². The highest BCUT2D eigenvalue weighted by molar-refractivity contribution is 7.89. The van der Waals surface area contributed by atoms with Crippen molar-refractivity contribution in [2.24, 2.45) is 0 Å². The smallest absolute Gasteiger partial charge is 0.256 e. The molecule has 0 atom stereocenters. The van der Waals surface area contributed by atoms with Crippen LogP contribution in [0.1, 0.15) is 41.6 Å². The number of halogens is 1. The van der Waals surface area contributed by atoms with E-state index in [2.05, 4.69) is 10.0 Å². The van der Waals surface area contributed by atoms with Crippen LogP contribution in [-0.4, -0.2) is 33.5 Å². The number of hydrogen-bond acceptors (Lipinski definition) is 4. The minimum atomic E-state index is -3.68. The molecule has 0 bridgehead atoms. The molecule has 8 heteroatoms. The Morgan fingerprint density at radius 1 is 1.14 bits per heavy atom. The van der Waals surface area contributed by atoms with Crippen LogP contribution in [0.4, 0.5) is 15.8 Å². The molecule has 154 valence electrons. The van der Waals surface area contributed by atoms with Crippen LogP contribution < -0.4 is 14.9 Å². The van der Waals surface area contributed by atoms with E-state index in [1.807, 2.05) is 4.90 Å². The SMILES string of the molecule is Cc1ccc(S(=O)(=O)NC2CC2)cc1C(=O)Nc1c(F)cccc1N1CCCC1. The average Bonchev–Trinajstić information content (AvgIpc) is 3.30. The Kier molecular flexibility index (Phi) is 5.31. The Labute approximate surface area is 170 Å². The lowest BCUT2D eigenvalue weighted by molar-refractivity contribution is 0.102. The lowest BCUT2D eigenvalue weighted by atomic mass is 10.1. The molecule has 1 aliphatic heterocycles. The standard InChI is InChI=1S/C21H24FN3O3S/c1-14-7-10-16(29(27,28)24-15-8-9-15)13-17(14)21(26)23-20-18(22)5-4-6-19(20)25-11-2-3-12-25/h4-7,10,13,15,24H,2-3,8-9,11-12H2,1H3,(H,23,26). The topological polar surface area (TPSA) is 78.5 Å². The minimum absolute atomic E-state index is 0.0278. The molecule has 1 aliphatic carbocycles. The van der Waals surface area contributed by atoms with E-state index in [-0.39, 0.29) is 22.2 Å². The number of amides is 1. The second kappa shape index (κ2) is 7.76. The van der Waals surface area contributed by atoms with Gasteiger partial charge in [-0.1, -0.05) is 12.1 Å². The van der Waals surface area contributed by atoms with Gasteiger partial charge in [0, 0.05) is 24.7 Å². The average molecular weight is 418 g/mol. The molecule has 2 fully saturated rings. The summed E-state index contributed by atoms with van der Waals surface area (Å²) in [6, 6.07) is 9.13. The van der Waals surface area contributed by atoms with Gasteiger partial charge in [-0.05, 0) is 62.4 Å². The van der Waals surface area contributed by atoms with Crippen LogP contribution in [-0.2, 0) is 10.0 Å². The molecule has 0 aromatic heterocycles. The zero-order chi connectivity index (χ0) is 20.6. The molecule has 6 nitrogen and oxygen atoms in total.